The van der Waals surface area contributed by atoms with Gasteiger partial charge in [-0.1, -0.05) is 35.8 Å². The number of hydrogen-bond acceptors (Lipinski definition) is 3. The molecule has 0 saturated carbocycles. The van der Waals surface area contributed by atoms with E-state index >= 15 is 0 Å². The molecule has 1 aromatic heterocycles. The average Bonchev–Trinajstić information content (AvgIpc) is 2.50. The summed E-state index contributed by atoms with van der Waals surface area (Å²) >= 11 is 3.43. The van der Waals surface area contributed by atoms with Crippen molar-refractivity contribution >= 4 is 39.0 Å². The van der Waals surface area contributed by atoms with E-state index in [0.717, 1.165) is 34.5 Å². The molecule has 0 fully saturated rings. The zero-order chi connectivity index (χ0) is 15.9. The van der Waals surface area contributed by atoms with E-state index in [4.69, 9.17) is 0 Å². The van der Waals surface area contributed by atoms with Gasteiger partial charge in [-0.3, -0.25) is 4.79 Å². The van der Waals surface area contributed by atoms with Gasteiger partial charge in [0.05, 0.1) is 11.9 Å². The number of halogens is 1. The highest BCUT2D eigenvalue weighted by atomic mass is 79.9. The Bertz CT molecular complexity index is 624. The fourth-order valence-corrected chi connectivity index (χ4v) is 2.56. The Labute approximate surface area is 139 Å². The molecule has 0 atom stereocenters. The first-order chi connectivity index (χ1) is 10.6. The molecule has 2 aromatic rings. The predicted molar refractivity (Wildman–Crippen MR) is 94.4 cm³/mol. The standard InChI is InChI=1S/C17H20BrN3O/c1-3-12(4-2)17(22)21-15-8-9-16(19-11-15)20-14-7-5-6-13(18)10-14/h5-12H,3-4H2,1-2H3,(H,19,20)(H,21,22). The third kappa shape index (κ3) is 4.56. The van der Waals surface area contributed by atoms with Gasteiger partial charge in [-0.2, -0.15) is 0 Å². The summed E-state index contributed by atoms with van der Waals surface area (Å²) in [5.41, 5.74) is 1.67. The molecule has 5 heteroatoms. The van der Waals surface area contributed by atoms with Crippen molar-refractivity contribution < 1.29 is 4.79 Å². The van der Waals surface area contributed by atoms with E-state index in [-0.39, 0.29) is 11.8 Å². The normalized spacial score (nSPS) is 10.5. The molecule has 22 heavy (non-hydrogen) atoms. The molecule has 0 radical (unpaired) electrons. The predicted octanol–water partition coefficient (Wildman–Crippen LogP) is 4.96. The lowest BCUT2D eigenvalue weighted by Crippen LogP contribution is -2.21. The highest BCUT2D eigenvalue weighted by Gasteiger charge is 2.14. The fraction of sp³-hybridized carbons (Fsp3) is 0.294. The van der Waals surface area contributed by atoms with Crippen LogP contribution in [-0.4, -0.2) is 10.9 Å². The average molecular weight is 362 g/mol. The van der Waals surface area contributed by atoms with Crippen molar-refractivity contribution in [3.63, 3.8) is 0 Å². The Morgan fingerprint density at radius 1 is 1.18 bits per heavy atom. The van der Waals surface area contributed by atoms with Crippen LogP contribution < -0.4 is 10.6 Å². The van der Waals surface area contributed by atoms with E-state index in [2.05, 4.69) is 31.5 Å². The maximum Gasteiger partial charge on any atom is 0.227 e. The number of amides is 1. The van der Waals surface area contributed by atoms with Gasteiger partial charge in [0.1, 0.15) is 5.82 Å². The van der Waals surface area contributed by atoms with Crippen LogP contribution in [-0.2, 0) is 4.79 Å². The molecule has 0 saturated heterocycles. The van der Waals surface area contributed by atoms with Gasteiger partial charge in [0.15, 0.2) is 0 Å². The molecule has 2 rings (SSSR count). The number of benzene rings is 1. The van der Waals surface area contributed by atoms with Crippen LogP contribution in [0, 0.1) is 5.92 Å². The number of rotatable bonds is 6. The molecule has 116 valence electrons. The number of aromatic nitrogens is 1. The van der Waals surface area contributed by atoms with Gasteiger partial charge in [0.25, 0.3) is 0 Å². The van der Waals surface area contributed by atoms with Crippen LogP contribution in [0.5, 0.6) is 0 Å². The summed E-state index contributed by atoms with van der Waals surface area (Å²) in [5, 5.41) is 6.12. The number of carbonyl (C=O) groups excluding carboxylic acids is 1. The van der Waals surface area contributed by atoms with E-state index < -0.39 is 0 Å². The third-order valence-corrected chi connectivity index (χ3v) is 3.98. The van der Waals surface area contributed by atoms with Crippen molar-refractivity contribution in [2.24, 2.45) is 5.92 Å². The first kappa shape index (κ1) is 16.5. The number of anilines is 3. The lowest BCUT2D eigenvalue weighted by Gasteiger charge is -2.13. The molecule has 1 amide bonds. The van der Waals surface area contributed by atoms with Crippen molar-refractivity contribution in [3.05, 3.63) is 47.1 Å². The summed E-state index contributed by atoms with van der Waals surface area (Å²) in [4.78, 5) is 16.4. The molecular weight excluding hydrogens is 342 g/mol. The van der Waals surface area contributed by atoms with Gasteiger partial charge in [0.2, 0.25) is 5.91 Å². The van der Waals surface area contributed by atoms with E-state index in [1.54, 1.807) is 6.20 Å². The molecule has 1 aromatic carbocycles. The molecule has 0 spiro atoms. The van der Waals surface area contributed by atoms with Crippen LogP contribution in [0.1, 0.15) is 26.7 Å². The second kappa shape index (κ2) is 7.94. The summed E-state index contributed by atoms with van der Waals surface area (Å²) in [6, 6.07) is 11.6. The van der Waals surface area contributed by atoms with E-state index in [0.29, 0.717) is 0 Å². The van der Waals surface area contributed by atoms with Crippen molar-refractivity contribution in [2.75, 3.05) is 10.6 Å². The minimum Gasteiger partial charge on any atom is -0.340 e. The molecule has 0 aliphatic rings. The Morgan fingerprint density at radius 3 is 2.55 bits per heavy atom. The molecule has 0 aliphatic heterocycles. The van der Waals surface area contributed by atoms with Gasteiger partial charge in [-0.25, -0.2) is 4.98 Å². The number of hydrogen-bond donors (Lipinski definition) is 2. The summed E-state index contributed by atoms with van der Waals surface area (Å²) in [6.07, 6.45) is 3.36. The summed E-state index contributed by atoms with van der Waals surface area (Å²) in [6.45, 7) is 4.05. The second-order valence-corrected chi connectivity index (χ2v) is 5.99. The highest BCUT2D eigenvalue weighted by molar-refractivity contribution is 9.10. The van der Waals surface area contributed by atoms with Crippen molar-refractivity contribution in [3.8, 4) is 0 Å². The molecule has 4 nitrogen and oxygen atoms in total. The summed E-state index contributed by atoms with van der Waals surface area (Å²) in [7, 11) is 0. The van der Waals surface area contributed by atoms with Crippen LogP contribution >= 0.6 is 15.9 Å². The lowest BCUT2D eigenvalue weighted by atomic mass is 10.0. The van der Waals surface area contributed by atoms with Gasteiger partial charge >= 0.3 is 0 Å². The second-order valence-electron chi connectivity index (χ2n) is 5.07. The van der Waals surface area contributed by atoms with Crippen molar-refractivity contribution in [1.29, 1.82) is 0 Å². The van der Waals surface area contributed by atoms with E-state index in [9.17, 15) is 4.79 Å². The monoisotopic (exact) mass is 361 g/mol. The maximum atomic E-state index is 12.0. The van der Waals surface area contributed by atoms with Gasteiger partial charge in [0, 0.05) is 16.1 Å². The van der Waals surface area contributed by atoms with Crippen LogP contribution in [0.4, 0.5) is 17.2 Å². The van der Waals surface area contributed by atoms with E-state index in [1.807, 2.05) is 50.2 Å². The lowest BCUT2D eigenvalue weighted by molar-refractivity contribution is -0.120. The van der Waals surface area contributed by atoms with E-state index in [1.165, 1.54) is 0 Å². The zero-order valence-corrected chi connectivity index (χ0v) is 14.4. The van der Waals surface area contributed by atoms with Crippen molar-refractivity contribution in [2.45, 2.75) is 26.7 Å². The first-order valence-electron chi connectivity index (χ1n) is 7.42. The molecule has 2 N–H and O–H groups in total. The quantitative estimate of drug-likeness (QED) is 0.764. The topological polar surface area (TPSA) is 54.0 Å². The van der Waals surface area contributed by atoms with Crippen LogP contribution in [0.15, 0.2) is 47.1 Å². The first-order valence-corrected chi connectivity index (χ1v) is 8.21. The Morgan fingerprint density at radius 2 is 1.95 bits per heavy atom. The fourth-order valence-electron chi connectivity index (χ4n) is 2.16. The number of carbonyl (C=O) groups is 1. The Balaban J connectivity index is 2.00. The maximum absolute atomic E-state index is 12.0. The Kier molecular flexibility index (Phi) is 5.95. The van der Waals surface area contributed by atoms with Crippen LogP contribution in [0.3, 0.4) is 0 Å². The molecule has 0 bridgehead atoms. The number of nitrogens with zero attached hydrogens (tertiary/aromatic N) is 1. The minimum absolute atomic E-state index is 0.0551. The largest absolute Gasteiger partial charge is 0.340 e. The summed E-state index contributed by atoms with van der Waals surface area (Å²) in [5.74, 6) is 0.845. The molecular formula is C17H20BrN3O. The van der Waals surface area contributed by atoms with Gasteiger partial charge in [-0.05, 0) is 43.2 Å². The molecule has 0 aliphatic carbocycles. The SMILES string of the molecule is CCC(CC)C(=O)Nc1ccc(Nc2cccc(Br)c2)nc1. The number of pyridine rings is 1. The molecule has 1 heterocycles. The van der Waals surface area contributed by atoms with Crippen LogP contribution in [0.25, 0.3) is 0 Å². The summed E-state index contributed by atoms with van der Waals surface area (Å²) < 4.78 is 1.01. The van der Waals surface area contributed by atoms with Crippen molar-refractivity contribution in [1.82, 2.24) is 4.98 Å². The third-order valence-electron chi connectivity index (χ3n) is 3.48. The minimum atomic E-state index is 0.0551. The highest BCUT2D eigenvalue weighted by Crippen LogP contribution is 2.20. The smallest absolute Gasteiger partial charge is 0.227 e. The van der Waals surface area contributed by atoms with Crippen LogP contribution in [0.2, 0.25) is 0 Å². The zero-order valence-electron chi connectivity index (χ0n) is 12.8. The number of nitrogens with one attached hydrogen (secondary N) is 2. The van der Waals surface area contributed by atoms with Gasteiger partial charge < -0.3 is 10.6 Å². The van der Waals surface area contributed by atoms with Gasteiger partial charge in [-0.15, -0.1) is 0 Å². The molecule has 0 unspecified atom stereocenters. The Hall–Kier alpha value is -1.88.